The molecule has 1 aromatic carbocycles. The third-order valence-corrected chi connectivity index (χ3v) is 3.04. The quantitative estimate of drug-likeness (QED) is 0.629. The molecular weight excluding hydrogens is 279 g/mol. The SMILES string of the molecule is CCOC(=O)c1c(SC(F)(F)F)ccc(C#N)c1C. The Kier molecular flexibility index (Phi) is 4.84. The van der Waals surface area contributed by atoms with E-state index in [9.17, 15) is 18.0 Å². The lowest BCUT2D eigenvalue weighted by Gasteiger charge is -2.13. The zero-order valence-electron chi connectivity index (χ0n) is 10.2. The molecule has 0 aliphatic heterocycles. The minimum atomic E-state index is -4.51. The maximum Gasteiger partial charge on any atom is 0.446 e. The van der Waals surface area contributed by atoms with Crippen LogP contribution >= 0.6 is 11.8 Å². The van der Waals surface area contributed by atoms with Crippen molar-refractivity contribution in [2.24, 2.45) is 0 Å². The number of nitrogens with zero attached hydrogens (tertiary/aromatic N) is 1. The first-order chi connectivity index (χ1) is 8.80. The molecule has 3 nitrogen and oxygen atoms in total. The minimum absolute atomic E-state index is 0.0468. The molecule has 0 fully saturated rings. The Bertz CT molecular complexity index is 535. The molecule has 0 aliphatic carbocycles. The van der Waals surface area contributed by atoms with Gasteiger partial charge in [0.15, 0.2) is 0 Å². The standard InChI is InChI=1S/C12H10F3NO2S/c1-3-18-11(17)10-7(2)8(6-16)4-5-9(10)19-12(13,14)15/h4-5H,3H2,1-2H3. The third kappa shape index (κ3) is 3.89. The molecule has 0 N–H and O–H groups in total. The van der Waals surface area contributed by atoms with Crippen molar-refractivity contribution in [2.45, 2.75) is 24.3 Å². The van der Waals surface area contributed by atoms with Crippen molar-refractivity contribution >= 4 is 17.7 Å². The van der Waals surface area contributed by atoms with Gasteiger partial charge in [-0.25, -0.2) is 4.79 Å². The van der Waals surface area contributed by atoms with Gasteiger partial charge in [0.25, 0.3) is 0 Å². The van der Waals surface area contributed by atoms with Gasteiger partial charge in [-0.05, 0) is 43.3 Å². The second-order valence-electron chi connectivity index (χ2n) is 3.49. The Morgan fingerprint density at radius 1 is 1.47 bits per heavy atom. The predicted molar refractivity (Wildman–Crippen MR) is 63.8 cm³/mol. The average molecular weight is 289 g/mol. The van der Waals surface area contributed by atoms with Crippen LogP contribution in [0, 0.1) is 18.3 Å². The van der Waals surface area contributed by atoms with E-state index in [1.807, 2.05) is 6.07 Å². The van der Waals surface area contributed by atoms with Gasteiger partial charge in [0, 0.05) is 4.90 Å². The zero-order valence-corrected chi connectivity index (χ0v) is 11.0. The summed E-state index contributed by atoms with van der Waals surface area (Å²) in [5.74, 6) is -0.858. The number of hydrogen-bond donors (Lipinski definition) is 0. The van der Waals surface area contributed by atoms with Gasteiger partial charge in [-0.1, -0.05) is 0 Å². The van der Waals surface area contributed by atoms with Gasteiger partial charge in [-0.2, -0.15) is 18.4 Å². The van der Waals surface area contributed by atoms with E-state index in [1.165, 1.54) is 13.0 Å². The second kappa shape index (κ2) is 5.97. The van der Waals surface area contributed by atoms with Crippen LogP contribution < -0.4 is 0 Å². The van der Waals surface area contributed by atoms with E-state index in [0.29, 0.717) is 0 Å². The fourth-order valence-corrected chi connectivity index (χ4v) is 2.20. The number of alkyl halides is 3. The summed E-state index contributed by atoms with van der Waals surface area (Å²) in [7, 11) is 0. The summed E-state index contributed by atoms with van der Waals surface area (Å²) in [4.78, 5) is 11.5. The molecule has 0 bridgehead atoms. The highest BCUT2D eigenvalue weighted by Crippen LogP contribution is 2.40. The fraction of sp³-hybridized carbons (Fsp3) is 0.333. The van der Waals surface area contributed by atoms with Crippen LogP contribution in [0.5, 0.6) is 0 Å². The highest BCUT2D eigenvalue weighted by molar-refractivity contribution is 8.00. The number of carbonyl (C=O) groups excluding carboxylic acids is 1. The average Bonchev–Trinajstić information content (AvgIpc) is 2.27. The molecule has 0 saturated carbocycles. The van der Waals surface area contributed by atoms with Crippen molar-refractivity contribution in [2.75, 3.05) is 6.61 Å². The normalized spacial score (nSPS) is 10.9. The number of thioether (sulfide) groups is 1. The summed E-state index contributed by atoms with van der Waals surface area (Å²) in [5, 5.41) is 8.85. The van der Waals surface area contributed by atoms with Crippen molar-refractivity contribution in [3.8, 4) is 6.07 Å². The van der Waals surface area contributed by atoms with Gasteiger partial charge in [0.1, 0.15) is 0 Å². The van der Waals surface area contributed by atoms with Crippen LogP contribution in [0.3, 0.4) is 0 Å². The van der Waals surface area contributed by atoms with E-state index >= 15 is 0 Å². The molecule has 0 spiro atoms. The summed E-state index contributed by atoms with van der Waals surface area (Å²) in [6.45, 7) is 3.02. The number of halogens is 3. The molecule has 1 aromatic rings. The predicted octanol–water partition coefficient (Wildman–Crippen LogP) is 3.66. The number of hydrogen-bond acceptors (Lipinski definition) is 4. The lowest BCUT2D eigenvalue weighted by atomic mass is 10.0. The molecule has 1 rings (SSSR count). The van der Waals surface area contributed by atoms with Crippen molar-refractivity contribution in [1.82, 2.24) is 0 Å². The molecule has 19 heavy (non-hydrogen) atoms. The first-order valence-electron chi connectivity index (χ1n) is 5.26. The second-order valence-corrected chi connectivity index (χ2v) is 4.60. The molecule has 0 aliphatic rings. The highest BCUT2D eigenvalue weighted by Gasteiger charge is 2.32. The van der Waals surface area contributed by atoms with Crippen LogP contribution in [0.1, 0.15) is 28.4 Å². The van der Waals surface area contributed by atoms with Crippen LogP contribution in [0.4, 0.5) is 13.2 Å². The molecule has 0 unspecified atom stereocenters. The zero-order chi connectivity index (χ0) is 14.6. The number of ether oxygens (including phenoxy) is 1. The number of esters is 1. The number of nitriles is 1. The van der Waals surface area contributed by atoms with E-state index in [0.717, 1.165) is 6.07 Å². The van der Waals surface area contributed by atoms with E-state index < -0.39 is 23.2 Å². The largest absolute Gasteiger partial charge is 0.462 e. The van der Waals surface area contributed by atoms with Crippen molar-refractivity contribution < 1.29 is 22.7 Å². The third-order valence-electron chi connectivity index (χ3n) is 2.25. The highest BCUT2D eigenvalue weighted by atomic mass is 32.2. The maximum atomic E-state index is 12.4. The molecule has 7 heteroatoms. The number of rotatable bonds is 3. The molecule has 0 saturated heterocycles. The Morgan fingerprint density at radius 2 is 2.11 bits per heavy atom. The topological polar surface area (TPSA) is 50.1 Å². The number of carbonyl (C=O) groups is 1. The summed E-state index contributed by atoms with van der Waals surface area (Å²) >= 11 is -0.395. The van der Waals surface area contributed by atoms with Crippen LogP contribution in [-0.4, -0.2) is 18.1 Å². The van der Waals surface area contributed by atoms with Gasteiger partial charge < -0.3 is 4.74 Å². The van der Waals surface area contributed by atoms with Gasteiger partial charge in [-0.3, -0.25) is 0 Å². The molecular formula is C12H10F3NO2S. The van der Waals surface area contributed by atoms with Crippen molar-refractivity contribution in [3.05, 3.63) is 28.8 Å². The Labute approximate surface area is 112 Å². The van der Waals surface area contributed by atoms with E-state index in [1.54, 1.807) is 6.92 Å². The van der Waals surface area contributed by atoms with Gasteiger partial charge in [0.2, 0.25) is 0 Å². The van der Waals surface area contributed by atoms with Crippen molar-refractivity contribution in [1.29, 1.82) is 5.26 Å². The van der Waals surface area contributed by atoms with Crippen LogP contribution in [0.2, 0.25) is 0 Å². The van der Waals surface area contributed by atoms with Crippen LogP contribution in [0.15, 0.2) is 17.0 Å². The fourth-order valence-electron chi connectivity index (χ4n) is 1.47. The van der Waals surface area contributed by atoms with E-state index in [2.05, 4.69) is 0 Å². The lowest BCUT2D eigenvalue weighted by Crippen LogP contribution is -2.11. The smallest absolute Gasteiger partial charge is 0.446 e. The van der Waals surface area contributed by atoms with Gasteiger partial charge in [0.05, 0.1) is 23.8 Å². The summed E-state index contributed by atoms with van der Waals surface area (Å²) in [6, 6.07) is 4.19. The monoisotopic (exact) mass is 289 g/mol. The molecule has 0 atom stereocenters. The molecule has 0 heterocycles. The first-order valence-corrected chi connectivity index (χ1v) is 6.08. The first kappa shape index (κ1) is 15.4. The van der Waals surface area contributed by atoms with Gasteiger partial charge >= 0.3 is 11.5 Å². The summed E-state index contributed by atoms with van der Waals surface area (Å²) < 4.78 is 42.0. The molecule has 102 valence electrons. The Morgan fingerprint density at radius 3 is 2.58 bits per heavy atom. The number of benzene rings is 1. The Balaban J connectivity index is 3.35. The van der Waals surface area contributed by atoms with Crippen LogP contribution in [0.25, 0.3) is 0 Å². The minimum Gasteiger partial charge on any atom is -0.462 e. The van der Waals surface area contributed by atoms with E-state index in [-0.39, 0.29) is 28.2 Å². The summed E-state index contributed by atoms with van der Waals surface area (Å²) in [6.07, 6.45) is 0. The van der Waals surface area contributed by atoms with Crippen molar-refractivity contribution in [3.63, 3.8) is 0 Å². The lowest BCUT2D eigenvalue weighted by molar-refractivity contribution is -0.0328. The maximum absolute atomic E-state index is 12.4. The molecule has 0 radical (unpaired) electrons. The van der Waals surface area contributed by atoms with Gasteiger partial charge in [-0.15, -0.1) is 0 Å². The van der Waals surface area contributed by atoms with Crippen LogP contribution in [-0.2, 0) is 4.74 Å². The Hall–Kier alpha value is -1.68. The van der Waals surface area contributed by atoms with E-state index in [4.69, 9.17) is 10.00 Å². The summed E-state index contributed by atoms with van der Waals surface area (Å²) in [5.41, 5.74) is -4.38. The molecule has 0 aromatic heterocycles. The molecule has 0 amide bonds.